The second-order valence-corrected chi connectivity index (χ2v) is 5.07. The van der Waals surface area contributed by atoms with Crippen LogP contribution in [-0.4, -0.2) is 44.0 Å². The minimum absolute atomic E-state index is 0.194. The molecule has 4 heteroatoms. The number of carbonyl (C=O) groups is 1. The van der Waals surface area contributed by atoms with Gasteiger partial charge in [0.05, 0.1) is 6.61 Å². The van der Waals surface area contributed by atoms with Gasteiger partial charge in [-0.15, -0.1) is 0 Å². The maximum atomic E-state index is 10.8. The van der Waals surface area contributed by atoms with Crippen LogP contribution >= 0.6 is 0 Å². The summed E-state index contributed by atoms with van der Waals surface area (Å²) in [6, 6.07) is 7.73. The van der Waals surface area contributed by atoms with Crippen molar-refractivity contribution in [2.24, 2.45) is 5.92 Å². The monoisotopic (exact) mass is 277 g/mol. The lowest BCUT2D eigenvalue weighted by atomic mass is 10.00. The van der Waals surface area contributed by atoms with Crippen molar-refractivity contribution < 1.29 is 14.3 Å². The molecule has 4 nitrogen and oxygen atoms in total. The molecule has 1 aromatic carbocycles. The maximum absolute atomic E-state index is 10.8. The Morgan fingerprint density at radius 1 is 1.30 bits per heavy atom. The molecule has 0 amide bonds. The Labute approximate surface area is 120 Å². The molecule has 0 radical (unpaired) electrons. The van der Waals surface area contributed by atoms with Gasteiger partial charge in [0.1, 0.15) is 12.9 Å². The van der Waals surface area contributed by atoms with E-state index in [2.05, 4.69) is 4.90 Å². The summed E-state index contributed by atoms with van der Waals surface area (Å²) in [5, 5.41) is 0. The van der Waals surface area contributed by atoms with Crippen molar-refractivity contribution in [2.45, 2.75) is 19.8 Å². The number of ether oxygens (including phenoxy) is 2. The molecule has 1 aromatic rings. The highest BCUT2D eigenvalue weighted by molar-refractivity contribution is 5.53. The maximum Gasteiger partial charge on any atom is 0.161 e. The predicted molar refractivity (Wildman–Crippen MR) is 78.3 cm³/mol. The van der Waals surface area contributed by atoms with Gasteiger partial charge in [0.2, 0.25) is 0 Å². The Hall–Kier alpha value is -1.55. The number of rotatable bonds is 7. The summed E-state index contributed by atoms with van der Waals surface area (Å²) in [6.45, 7) is 5.98. The number of benzene rings is 1. The fourth-order valence-electron chi connectivity index (χ4n) is 2.53. The van der Waals surface area contributed by atoms with Gasteiger partial charge in [-0.05, 0) is 38.4 Å². The third-order valence-corrected chi connectivity index (χ3v) is 3.55. The van der Waals surface area contributed by atoms with E-state index in [1.807, 2.05) is 31.2 Å². The average Bonchev–Trinajstić information content (AvgIpc) is 2.49. The van der Waals surface area contributed by atoms with E-state index < -0.39 is 0 Å². The summed E-state index contributed by atoms with van der Waals surface area (Å²) in [4.78, 5) is 13.1. The molecule has 1 aliphatic rings. The first-order valence-electron chi connectivity index (χ1n) is 7.35. The quantitative estimate of drug-likeness (QED) is 0.717. The number of hydrogen-bond acceptors (Lipinski definition) is 4. The van der Waals surface area contributed by atoms with Crippen molar-refractivity contribution in [1.29, 1.82) is 0 Å². The molecule has 0 spiro atoms. The third kappa shape index (κ3) is 4.23. The molecule has 2 rings (SSSR count). The first-order valence-corrected chi connectivity index (χ1v) is 7.35. The summed E-state index contributed by atoms with van der Waals surface area (Å²) in [6.07, 6.45) is 3.20. The number of para-hydroxylation sites is 2. The molecule has 1 fully saturated rings. The van der Waals surface area contributed by atoms with Crippen LogP contribution in [0.4, 0.5) is 0 Å². The molecule has 1 unspecified atom stereocenters. The van der Waals surface area contributed by atoms with Gasteiger partial charge in [-0.1, -0.05) is 12.1 Å². The van der Waals surface area contributed by atoms with Gasteiger partial charge in [-0.2, -0.15) is 0 Å². The van der Waals surface area contributed by atoms with Crippen LogP contribution in [0.25, 0.3) is 0 Å². The zero-order valence-corrected chi connectivity index (χ0v) is 12.1. The Balaban J connectivity index is 1.79. The highest BCUT2D eigenvalue weighted by Crippen LogP contribution is 2.26. The van der Waals surface area contributed by atoms with E-state index in [4.69, 9.17) is 9.47 Å². The standard InChI is InChI=1S/C16H23NO3/c1-2-19-15-7-3-4-8-16(15)20-11-10-17-9-5-6-14(12-17)13-18/h3-4,7-8,13-14H,2,5-6,9-12H2,1H3. The lowest BCUT2D eigenvalue weighted by Gasteiger charge is -2.29. The molecule has 0 aromatic heterocycles. The molecule has 1 heterocycles. The average molecular weight is 277 g/mol. The van der Waals surface area contributed by atoms with Crippen LogP contribution in [0.15, 0.2) is 24.3 Å². The molecule has 0 saturated carbocycles. The highest BCUT2D eigenvalue weighted by Gasteiger charge is 2.18. The lowest BCUT2D eigenvalue weighted by Crippen LogP contribution is -2.38. The SMILES string of the molecule is CCOc1ccccc1OCCN1CCCC(C=O)C1. The van der Waals surface area contributed by atoms with E-state index >= 15 is 0 Å². The van der Waals surface area contributed by atoms with Crippen LogP contribution in [0, 0.1) is 5.92 Å². The molecule has 0 N–H and O–H groups in total. The highest BCUT2D eigenvalue weighted by atomic mass is 16.5. The second-order valence-electron chi connectivity index (χ2n) is 5.07. The number of aldehydes is 1. The normalized spacial score (nSPS) is 19.6. The molecule has 20 heavy (non-hydrogen) atoms. The van der Waals surface area contributed by atoms with Crippen LogP contribution in [0.5, 0.6) is 11.5 Å². The molecular weight excluding hydrogens is 254 g/mol. The van der Waals surface area contributed by atoms with Crippen LogP contribution < -0.4 is 9.47 Å². The van der Waals surface area contributed by atoms with Crippen LogP contribution in [0.2, 0.25) is 0 Å². The number of likely N-dealkylation sites (tertiary alicyclic amines) is 1. The van der Waals surface area contributed by atoms with Crippen LogP contribution in [0.3, 0.4) is 0 Å². The summed E-state index contributed by atoms with van der Waals surface area (Å²) >= 11 is 0. The van der Waals surface area contributed by atoms with Gasteiger partial charge in [0.25, 0.3) is 0 Å². The van der Waals surface area contributed by atoms with E-state index in [1.54, 1.807) is 0 Å². The Bertz CT molecular complexity index is 422. The Morgan fingerprint density at radius 3 is 2.75 bits per heavy atom. The second kappa shape index (κ2) is 7.90. The largest absolute Gasteiger partial charge is 0.490 e. The van der Waals surface area contributed by atoms with Crippen molar-refractivity contribution in [3.63, 3.8) is 0 Å². The van der Waals surface area contributed by atoms with Gasteiger partial charge in [-0.3, -0.25) is 4.90 Å². The molecule has 1 saturated heterocycles. The zero-order chi connectivity index (χ0) is 14.2. The molecule has 1 aliphatic heterocycles. The Morgan fingerprint density at radius 2 is 2.05 bits per heavy atom. The van der Waals surface area contributed by atoms with Crippen LogP contribution in [-0.2, 0) is 4.79 Å². The number of carbonyl (C=O) groups excluding carboxylic acids is 1. The van der Waals surface area contributed by atoms with Gasteiger partial charge in [0, 0.05) is 19.0 Å². The zero-order valence-electron chi connectivity index (χ0n) is 12.1. The minimum atomic E-state index is 0.194. The van der Waals surface area contributed by atoms with Crippen LogP contribution in [0.1, 0.15) is 19.8 Å². The van der Waals surface area contributed by atoms with E-state index in [0.29, 0.717) is 13.2 Å². The van der Waals surface area contributed by atoms with E-state index in [1.165, 1.54) is 0 Å². The van der Waals surface area contributed by atoms with E-state index in [-0.39, 0.29) is 5.92 Å². The summed E-state index contributed by atoms with van der Waals surface area (Å²) in [5.74, 6) is 1.78. The fourth-order valence-corrected chi connectivity index (χ4v) is 2.53. The van der Waals surface area contributed by atoms with Gasteiger partial charge >= 0.3 is 0 Å². The molecule has 0 bridgehead atoms. The van der Waals surface area contributed by atoms with Crippen molar-refractivity contribution in [1.82, 2.24) is 4.90 Å². The Kier molecular flexibility index (Phi) is 5.87. The van der Waals surface area contributed by atoms with E-state index in [0.717, 1.165) is 50.3 Å². The first-order chi connectivity index (χ1) is 9.83. The first kappa shape index (κ1) is 14.9. The van der Waals surface area contributed by atoms with Gasteiger partial charge < -0.3 is 14.3 Å². The smallest absolute Gasteiger partial charge is 0.161 e. The van der Waals surface area contributed by atoms with Crippen molar-refractivity contribution in [3.8, 4) is 11.5 Å². The summed E-state index contributed by atoms with van der Waals surface area (Å²) in [5.41, 5.74) is 0. The summed E-state index contributed by atoms with van der Waals surface area (Å²) < 4.78 is 11.3. The third-order valence-electron chi connectivity index (χ3n) is 3.55. The topological polar surface area (TPSA) is 38.8 Å². The predicted octanol–water partition coefficient (Wildman–Crippen LogP) is 2.38. The van der Waals surface area contributed by atoms with Gasteiger partial charge in [-0.25, -0.2) is 0 Å². The number of piperidine rings is 1. The van der Waals surface area contributed by atoms with E-state index in [9.17, 15) is 4.79 Å². The minimum Gasteiger partial charge on any atom is -0.490 e. The molecular formula is C16H23NO3. The van der Waals surface area contributed by atoms with Crippen molar-refractivity contribution in [3.05, 3.63) is 24.3 Å². The summed E-state index contributed by atoms with van der Waals surface area (Å²) in [7, 11) is 0. The van der Waals surface area contributed by atoms with Crippen molar-refractivity contribution in [2.75, 3.05) is 32.8 Å². The molecule has 1 atom stereocenters. The molecule has 110 valence electrons. The lowest BCUT2D eigenvalue weighted by molar-refractivity contribution is -0.112. The molecule has 0 aliphatic carbocycles. The fraction of sp³-hybridized carbons (Fsp3) is 0.562. The van der Waals surface area contributed by atoms with Crippen molar-refractivity contribution >= 4 is 6.29 Å². The number of nitrogens with zero attached hydrogens (tertiary/aromatic N) is 1. The van der Waals surface area contributed by atoms with Gasteiger partial charge in [0.15, 0.2) is 11.5 Å². The number of hydrogen-bond donors (Lipinski definition) is 0.